The van der Waals surface area contributed by atoms with Crippen LogP contribution in [0.1, 0.15) is 39.0 Å². The molecule has 0 spiro atoms. The van der Waals surface area contributed by atoms with Crippen molar-refractivity contribution >= 4 is 0 Å². The van der Waals surface area contributed by atoms with Crippen molar-refractivity contribution in [2.24, 2.45) is 0 Å². The van der Waals surface area contributed by atoms with E-state index in [0.29, 0.717) is 0 Å². The molecule has 0 aromatic heterocycles. The van der Waals surface area contributed by atoms with Crippen LogP contribution >= 0.6 is 0 Å². The third-order valence-corrected chi connectivity index (χ3v) is 1.68. The van der Waals surface area contributed by atoms with E-state index in [1.807, 2.05) is 6.08 Å². The summed E-state index contributed by atoms with van der Waals surface area (Å²) in [5.74, 6) is 0. The van der Waals surface area contributed by atoms with Crippen LogP contribution in [-0.4, -0.2) is 6.61 Å². The monoisotopic (exact) mass is 167 g/mol. The van der Waals surface area contributed by atoms with Crippen molar-refractivity contribution in [3.05, 3.63) is 24.3 Å². The molecule has 1 nitrogen and oxygen atoms in total. The van der Waals surface area contributed by atoms with Crippen molar-refractivity contribution in [3.8, 4) is 0 Å². The lowest BCUT2D eigenvalue weighted by atomic mass is 10.2. The molecule has 0 atom stereocenters. The summed E-state index contributed by atoms with van der Waals surface area (Å²) in [6, 6.07) is 0. The fourth-order valence-electron chi connectivity index (χ4n) is 0.969. The number of hydrogen-bond donors (Lipinski definition) is 0. The van der Waals surface area contributed by atoms with Gasteiger partial charge in [-0.2, -0.15) is 0 Å². The molecule has 0 amide bonds. The molecule has 0 saturated heterocycles. The van der Waals surface area contributed by atoms with Crippen molar-refractivity contribution in [2.75, 3.05) is 6.61 Å². The van der Waals surface area contributed by atoms with Crippen LogP contribution in [0, 0.1) is 0 Å². The number of unbranched alkanes of at least 4 members (excludes halogenated alkanes) is 3. The summed E-state index contributed by atoms with van der Waals surface area (Å²) in [7, 11) is 0. The normalized spacial score (nSPS) is 11.8. The lowest BCUT2D eigenvalue weighted by molar-refractivity contribution is 0.232. The van der Waals surface area contributed by atoms with E-state index in [9.17, 15) is 5.11 Å². The Hall–Kier alpha value is -0.560. The summed E-state index contributed by atoms with van der Waals surface area (Å²) < 4.78 is 0. The summed E-state index contributed by atoms with van der Waals surface area (Å²) in [5.41, 5.74) is 0. The van der Waals surface area contributed by atoms with Gasteiger partial charge in [-0.05, 0) is 19.3 Å². The van der Waals surface area contributed by atoms with Crippen LogP contribution in [0.25, 0.3) is 0 Å². The molecular formula is C11H19O. The second-order valence-corrected chi connectivity index (χ2v) is 2.84. The first kappa shape index (κ1) is 11.4. The molecule has 1 radical (unpaired) electrons. The Kier molecular flexibility index (Phi) is 9.95. The summed E-state index contributed by atoms with van der Waals surface area (Å²) in [4.78, 5) is 0. The molecule has 0 heterocycles. The predicted octanol–water partition coefficient (Wildman–Crippen LogP) is 3.50. The first-order chi connectivity index (χ1) is 5.91. The van der Waals surface area contributed by atoms with Gasteiger partial charge in [-0.15, -0.1) is 0 Å². The quantitative estimate of drug-likeness (QED) is 0.408. The lowest BCUT2D eigenvalue weighted by Gasteiger charge is -1.90. The third kappa shape index (κ3) is 9.44. The average Bonchev–Trinajstić information content (AvgIpc) is 2.10. The molecule has 0 N–H and O–H groups in total. The van der Waals surface area contributed by atoms with Crippen LogP contribution in [0.2, 0.25) is 0 Å². The highest BCUT2D eigenvalue weighted by Gasteiger charge is 1.80. The molecule has 0 aliphatic rings. The molecule has 0 rings (SSSR count). The van der Waals surface area contributed by atoms with Crippen LogP contribution in [0.3, 0.4) is 0 Å². The summed E-state index contributed by atoms with van der Waals surface area (Å²) >= 11 is 0. The van der Waals surface area contributed by atoms with Gasteiger partial charge in [0.15, 0.2) is 0 Å². The Morgan fingerprint density at radius 2 is 1.75 bits per heavy atom. The van der Waals surface area contributed by atoms with Crippen molar-refractivity contribution < 1.29 is 5.11 Å². The van der Waals surface area contributed by atoms with Gasteiger partial charge >= 0.3 is 0 Å². The largest absolute Gasteiger partial charge is 0.232 e. The van der Waals surface area contributed by atoms with Gasteiger partial charge in [0.05, 0.1) is 0 Å². The maximum Gasteiger partial charge on any atom is 0.100 e. The predicted molar refractivity (Wildman–Crippen MR) is 52.6 cm³/mol. The Bertz CT molecular complexity index is 125. The van der Waals surface area contributed by atoms with Crippen molar-refractivity contribution in [1.29, 1.82) is 0 Å². The zero-order valence-corrected chi connectivity index (χ0v) is 7.96. The second kappa shape index (κ2) is 10.4. The maximum atomic E-state index is 9.99. The molecule has 0 unspecified atom stereocenters. The van der Waals surface area contributed by atoms with Crippen LogP contribution < -0.4 is 0 Å². The third-order valence-electron chi connectivity index (χ3n) is 1.68. The van der Waals surface area contributed by atoms with Gasteiger partial charge in [-0.3, -0.25) is 0 Å². The minimum atomic E-state index is -0.0936. The van der Waals surface area contributed by atoms with E-state index < -0.39 is 0 Å². The van der Waals surface area contributed by atoms with E-state index in [1.165, 1.54) is 25.7 Å². The molecule has 0 fully saturated rings. The summed E-state index contributed by atoms with van der Waals surface area (Å²) in [6.07, 6.45) is 13.9. The highest BCUT2D eigenvalue weighted by molar-refractivity contribution is 4.92. The molecule has 12 heavy (non-hydrogen) atoms. The number of rotatable bonds is 7. The Labute approximate surface area is 75.8 Å². The van der Waals surface area contributed by atoms with Gasteiger partial charge in [0.2, 0.25) is 0 Å². The second-order valence-electron chi connectivity index (χ2n) is 2.84. The fraction of sp³-hybridized carbons (Fsp3) is 0.636. The zero-order valence-electron chi connectivity index (χ0n) is 7.96. The molecule has 69 valence electrons. The van der Waals surface area contributed by atoms with E-state index in [1.54, 1.807) is 6.08 Å². The Morgan fingerprint density at radius 3 is 2.42 bits per heavy atom. The highest BCUT2D eigenvalue weighted by atomic mass is 16.2. The Morgan fingerprint density at radius 1 is 1.00 bits per heavy atom. The van der Waals surface area contributed by atoms with E-state index in [-0.39, 0.29) is 6.61 Å². The number of allylic oxidation sites excluding steroid dienone is 3. The molecule has 0 saturated carbocycles. The molecule has 0 bridgehead atoms. The summed E-state index contributed by atoms with van der Waals surface area (Å²) in [6.45, 7) is 2.12. The zero-order chi connectivity index (χ0) is 9.07. The van der Waals surface area contributed by atoms with Gasteiger partial charge in [-0.25, -0.2) is 5.11 Å². The number of hydrogen-bond acceptors (Lipinski definition) is 0. The lowest BCUT2D eigenvalue weighted by Crippen LogP contribution is -1.71. The van der Waals surface area contributed by atoms with Crippen molar-refractivity contribution in [2.45, 2.75) is 39.0 Å². The minimum Gasteiger partial charge on any atom is -0.232 e. The standard InChI is InChI=1S/C11H19O/c1-2-3-4-5-6-7-8-9-10-11-12/h6-7,9-10H,2-5,8,11H2,1H3/b7-6-,10-9-. The average molecular weight is 167 g/mol. The first-order valence-corrected chi connectivity index (χ1v) is 4.80. The molecule has 0 aromatic carbocycles. The van der Waals surface area contributed by atoms with Crippen molar-refractivity contribution in [1.82, 2.24) is 0 Å². The van der Waals surface area contributed by atoms with Gasteiger partial charge in [0.25, 0.3) is 0 Å². The van der Waals surface area contributed by atoms with Gasteiger partial charge in [-0.1, -0.05) is 44.1 Å². The van der Waals surface area contributed by atoms with E-state index in [0.717, 1.165) is 6.42 Å². The fourth-order valence-corrected chi connectivity index (χ4v) is 0.969. The van der Waals surface area contributed by atoms with E-state index in [2.05, 4.69) is 19.1 Å². The maximum absolute atomic E-state index is 9.99. The van der Waals surface area contributed by atoms with Crippen LogP contribution in [0.4, 0.5) is 0 Å². The molecule has 0 aromatic rings. The molecule has 0 aliphatic heterocycles. The van der Waals surface area contributed by atoms with Crippen molar-refractivity contribution in [3.63, 3.8) is 0 Å². The topological polar surface area (TPSA) is 19.9 Å². The first-order valence-electron chi connectivity index (χ1n) is 4.80. The van der Waals surface area contributed by atoms with Crippen LogP contribution in [-0.2, 0) is 5.11 Å². The highest BCUT2D eigenvalue weighted by Crippen LogP contribution is 2.00. The van der Waals surface area contributed by atoms with Gasteiger partial charge in [0, 0.05) is 0 Å². The van der Waals surface area contributed by atoms with E-state index >= 15 is 0 Å². The smallest absolute Gasteiger partial charge is 0.100 e. The molecular weight excluding hydrogens is 148 g/mol. The van der Waals surface area contributed by atoms with Crippen LogP contribution in [0.5, 0.6) is 0 Å². The summed E-state index contributed by atoms with van der Waals surface area (Å²) in [5, 5.41) is 9.99. The molecule has 0 aliphatic carbocycles. The SMILES string of the molecule is CCCCC/C=C\C/C=C\C[O]. The minimum absolute atomic E-state index is 0.0936. The van der Waals surface area contributed by atoms with Gasteiger partial charge < -0.3 is 0 Å². The Balaban J connectivity index is 3.08. The van der Waals surface area contributed by atoms with E-state index in [4.69, 9.17) is 0 Å². The van der Waals surface area contributed by atoms with Gasteiger partial charge in [0.1, 0.15) is 6.61 Å². The molecule has 1 heteroatoms. The van der Waals surface area contributed by atoms with Crippen LogP contribution in [0.15, 0.2) is 24.3 Å².